The van der Waals surface area contributed by atoms with E-state index in [1.165, 1.54) is 0 Å². The van der Waals surface area contributed by atoms with Gasteiger partial charge < -0.3 is 14.6 Å². The highest BCUT2D eigenvalue weighted by molar-refractivity contribution is 9.10. The third kappa shape index (κ3) is 6.00. The number of carboxylic acid groups (broad SMARTS) is 1. The summed E-state index contributed by atoms with van der Waals surface area (Å²) in [6.07, 6.45) is 1.80. The normalized spacial score (nSPS) is 11.0. The van der Waals surface area contributed by atoms with Crippen LogP contribution in [-0.2, 0) is 6.61 Å². The van der Waals surface area contributed by atoms with Crippen molar-refractivity contribution in [1.82, 2.24) is 0 Å². The van der Waals surface area contributed by atoms with Gasteiger partial charge in [0, 0.05) is 4.47 Å². The number of rotatable bonds is 8. The Balaban J connectivity index is 1.87. The van der Waals surface area contributed by atoms with Crippen LogP contribution in [0.1, 0.15) is 34.0 Å². The van der Waals surface area contributed by atoms with Crippen molar-refractivity contribution in [2.75, 3.05) is 6.61 Å². The van der Waals surface area contributed by atoms with Crippen LogP contribution in [-0.4, -0.2) is 17.7 Å². The monoisotopic (exact) mass is 555 g/mol. The molecule has 0 aromatic heterocycles. The molecule has 5 nitrogen and oxygen atoms in total. The van der Waals surface area contributed by atoms with Crippen LogP contribution in [0.5, 0.6) is 11.5 Å². The van der Waals surface area contributed by atoms with E-state index in [2.05, 4.69) is 37.9 Å². The van der Waals surface area contributed by atoms with Crippen LogP contribution in [0.2, 0.25) is 0 Å². The van der Waals surface area contributed by atoms with Crippen molar-refractivity contribution in [1.29, 1.82) is 5.26 Å². The number of carboxylic acids is 1. The molecule has 0 bridgehead atoms. The fourth-order valence-electron chi connectivity index (χ4n) is 2.95. The third-order valence-electron chi connectivity index (χ3n) is 4.50. The Morgan fingerprint density at radius 2 is 1.69 bits per heavy atom. The lowest BCUT2D eigenvalue weighted by Crippen LogP contribution is -2.02. The maximum atomic E-state index is 11.0. The predicted octanol–water partition coefficient (Wildman–Crippen LogP) is 6.95. The average Bonchev–Trinajstić information content (AvgIpc) is 2.78. The minimum atomic E-state index is -0.970. The fraction of sp³-hybridized carbons (Fsp3) is 0.120. The Morgan fingerprint density at radius 1 is 1.03 bits per heavy atom. The Labute approximate surface area is 203 Å². The molecule has 0 unspecified atom stereocenters. The fourth-order valence-corrected chi connectivity index (χ4v) is 3.79. The molecule has 0 amide bonds. The summed E-state index contributed by atoms with van der Waals surface area (Å²) in [5.74, 6) is 0.110. The Bertz CT molecular complexity index is 1180. The van der Waals surface area contributed by atoms with Crippen molar-refractivity contribution in [3.8, 4) is 17.6 Å². The van der Waals surface area contributed by atoms with Crippen LogP contribution in [0.15, 0.2) is 69.6 Å². The summed E-state index contributed by atoms with van der Waals surface area (Å²) in [5, 5.41) is 18.7. The number of carbonyl (C=O) groups is 1. The molecule has 0 spiro atoms. The van der Waals surface area contributed by atoms with E-state index in [-0.39, 0.29) is 12.2 Å². The number of hydrogen-bond acceptors (Lipinski definition) is 4. The zero-order valence-electron chi connectivity index (χ0n) is 17.1. The van der Waals surface area contributed by atoms with Crippen molar-refractivity contribution in [2.24, 2.45) is 0 Å². The smallest absolute Gasteiger partial charge is 0.335 e. The largest absolute Gasteiger partial charge is 0.490 e. The highest BCUT2D eigenvalue weighted by Crippen LogP contribution is 2.38. The molecule has 3 rings (SSSR count). The van der Waals surface area contributed by atoms with Gasteiger partial charge in [0.2, 0.25) is 0 Å². The lowest BCUT2D eigenvalue weighted by atomic mass is 10.0. The van der Waals surface area contributed by atoms with E-state index >= 15 is 0 Å². The van der Waals surface area contributed by atoms with Gasteiger partial charge >= 0.3 is 5.97 Å². The van der Waals surface area contributed by atoms with Gasteiger partial charge in [-0.15, -0.1) is 0 Å². The van der Waals surface area contributed by atoms with E-state index in [1.807, 2.05) is 43.3 Å². The van der Waals surface area contributed by atoms with E-state index in [0.717, 1.165) is 21.2 Å². The second kappa shape index (κ2) is 11.0. The number of aromatic carboxylic acids is 1. The molecule has 0 aliphatic rings. The molecule has 0 aliphatic carbocycles. The summed E-state index contributed by atoms with van der Waals surface area (Å²) >= 11 is 6.95. The molecule has 0 fully saturated rings. The first-order valence-corrected chi connectivity index (χ1v) is 11.3. The summed E-state index contributed by atoms with van der Waals surface area (Å²) < 4.78 is 13.4. The van der Waals surface area contributed by atoms with Crippen LogP contribution in [0.3, 0.4) is 0 Å². The zero-order chi connectivity index (χ0) is 23.1. The second-order valence-corrected chi connectivity index (χ2v) is 8.50. The first-order valence-electron chi connectivity index (χ1n) is 9.70. The number of hydrogen-bond donors (Lipinski definition) is 1. The number of benzene rings is 3. The van der Waals surface area contributed by atoms with Gasteiger partial charge in [0.1, 0.15) is 6.61 Å². The topological polar surface area (TPSA) is 79.5 Å². The molecule has 0 saturated heterocycles. The summed E-state index contributed by atoms with van der Waals surface area (Å²) in [4.78, 5) is 11.0. The molecule has 0 radical (unpaired) electrons. The summed E-state index contributed by atoms with van der Waals surface area (Å²) in [7, 11) is 0. The van der Waals surface area contributed by atoms with Crippen LogP contribution in [0, 0.1) is 11.3 Å². The molecule has 0 aliphatic heterocycles. The van der Waals surface area contributed by atoms with Crippen molar-refractivity contribution in [2.45, 2.75) is 13.5 Å². The molecule has 1 N–H and O–H groups in total. The Kier molecular flexibility index (Phi) is 8.09. The molecule has 0 heterocycles. The molecule has 0 saturated carbocycles. The highest BCUT2D eigenvalue weighted by atomic mass is 79.9. The molecule has 162 valence electrons. The van der Waals surface area contributed by atoms with E-state index in [4.69, 9.17) is 14.6 Å². The first-order chi connectivity index (χ1) is 15.4. The van der Waals surface area contributed by atoms with Crippen LogP contribution in [0.4, 0.5) is 0 Å². The number of nitrogens with zero attached hydrogens (tertiary/aromatic N) is 1. The van der Waals surface area contributed by atoms with Crippen molar-refractivity contribution < 1.29 is 19.4 Å². The van der Waals surface area contributed by atoms with Crippen LogP contribution < -0.4 is 9.47 Å². The Hall–Kier alpha value is -3.08. The van der Waals surface area contributed by atoms with E-state index in [0.29, 0.717) is 28.2 Å². The van der Waals surface area contributed by atoms with Gasteiger partial charge in [-0.1, -0.05) is 40.2 Å². The molecule has 3 aromatic carbocycles. The first kappa shape index (κ1) is 23.6. The standard InChI is InChI=1S/C25H19Br2NO4/c1-2-31-23-13-17(11-20(14-28)18-7-9-21(26)10-8-18)12-22(27)24(23)32-15-16-3-5-19(6-4-16)25(29)30/h3-13H,2,15H2,1H3,(H,29,30)/b20-11+. The van der Waals surface area contributed by atoms with E-state index in [9.17, 15) is 10.1 Å². The highest BCUT2D eigenvalue weighted by Gasteiger charge is 2.13. The van der Waals surface area contributed by atoms with Gasteiger partial charge in [0.25, 0.3) is 0 Å². The van der Waals surface area contributed by atoms with Gasteiger partial charge in [-0.2, -0.15) is 5.26 Å². The van der Waals surface area contributed by atoms with Crippen LogP contribution >= 0.6 is 31.9 Å². The number of halogens is 2. The molecule has 7 heteroatoms. The van der Waals surface area contributed by atoms with Gasteiger partial charge in [0.05, 0.1) is 28.3 Å². The number of ether oxygens (including phenoxy) is 2. The van der Waals surface area contributed by atoms with Crippen molar-refractivity contribution in [3.05, 3.63) is 91.9 Å². The van der Waals surface area contributed by atoms with Gasteiger partial charge in [-0.25, -0.2) is 4.79 Å². The summed E-state index contributed by atoms with van der Waals surface area (Å²) in [6, 6.07) is 20.0. The number of allylic oxidation sites excluding steroid dienone is 1. The Morgan fingerprint density at radius 3 is 2.28 bits per heavy atom. The van der Waals surface area contributed by atoms with E-state index < -0.39 is 5.97 Å². The van der Waals surface area contributed by atoms with E-state index in [1.54, 1.807) is 30.3 Å². The molecule has 32 heavy (non-hydrogen) atoms. The SMILES string of the molecule is CCOc1cc(/C=C(\C#N)c2ccc(Br)cc2)cc(Br)c1OCc1ccc(C(=O)O)cc1. The summed E-state index contributed by atoms with van der Waals surface area (Å²) in [6.45, 7) is 2.57. The molecule has 0 atom stereocenters. The predicted molar refractivity (Wildman–Crippen MR) is 131 cm³/mol. The second-order valence-electron chi connectivity index (χ2n) is 6.73. The minimum absolute atomic E-state index is 0.222. The zero-order valence-corrected chi connectivity index (χ0v) is 20.3. The third-order valence-corrected chi connectivity index (χ3v) is 5.62. The quantitative estimate of drug-likeness (QED) is 0.240. The minimum Gasteiger partial charge on any atom is -0.490 e. The lowest BCUT2D eigenvalue weighted by molar-refractivity contribution is 0.0697. The van der Waals surface area contributed by atoms with Crippen molar-refractivity contribution in [3.63, 3.8) is 0 Å². The lowest BCUT2D eigenvalue weighted by Gasteiger charge is -2.15. The summed E-state index contributed by atoms with van der Waals surface area (Å²) in [5.41, 5.74) is 3.18. The van der Waals surface area contributed by atoms with Crippen LogP contribution in [0.25, 0.3) is 11.6 Å². The molecule has 3 aromatic rings. The maximum Gasteiger partial charge on any atom is 0.335 e. The van der Waals surface area contributed by atoms with Gasteiger partial charge in [-0.05, 0) is 82.0 Å². The van der Waals surface area contributed by atoms with Gasteiger partial charge in [-0.3, -0.25) is 0 Å². The van der Waals surface area contributed by atoms with Gasteiger partial charge in [0.15, 0.2) is 11.5 Å². The average molecular weight is 557 g/mol. The number of nitriles is 1. The molecular weight excluding hydrogens is 538 g/mol. The molecular formula is C25H19Br2NO4. The maximum absolute atomic E-state index is 11.0. The van der Waals surface area contributed by atoms with Crippen molar-refractivity contribution >= 4 is 49.5 Å².